The van der Waals surface area contributed by atoms with Gasteiger partial charge in [0.15, 0.2) is 0 Å². The van der Waals surface area contributed by atoms with Crippen LogP contribution in [0.3, 0.4) is 0 Å². The standard InChI is InChI=1S/C11H20N2O/c1-2-13(10-5-6-10)11(14)8-12-7-9-3-4-9/h9-10,12H,2-8H2,1H3. The molecule has 0 spiro atoms. The lowest BCUT2D eigenvalue weighted by Crippen LogP contribution is -2.39. The summed E-state index contributed by atoms with van der Waals surface area (Å²) in [4.78, 5) is 13.7. The maximum atomic E-state index is 11.7. The van der Waals surface area contributed by atoms with E-state index in [1.165, 1.54) is 25.7 Å². The summed E-state index contributed by atoms with van der Waals surface area (Å²) >= 11 is 0. The SMILES string of the molecule is CCN(C(=O)CNCC1CC1)C1CC1. The van der Waals surface area contributed by atoms with Gasteiger partial charge >= 0.3 is 0 Å². The second-order valence-electron chi connectivity index (χ2n) is 4.49. The molecular formula is C11H20N2O. The van der Waals surface area contributed by atoms with E-state index in [-0.39, 0.29) is 5.91 Å². The monoisotopic (exact) mass is 196 g/mol. The van der Waals surface area contributed by atoms with E-state index in [0.29, 0.717) is 12.6 Å². The zero-order valence-corrected chi connectivity index (χ0v) is 8.96. The third-order valence-corrected chi connectivity index (χ3v) is 3.05. The predicted octanol–water partition coefficient (Wildman–Crippen LogP) is 0.997. The number of nitrogens with zero attached hydrogens (tertiary/aromatic N) is 1. The second kappa shape index (κ2) is 4.30. The molecule has 14 heavy (non-hydrogen) atoms. The molecule has 1 N–H and O–H groups in total. The Kier molecular flexibility index (Phi) is 3.06. The number of hydrogen-bond donors (Lipinski definition) is 1. The van der Waals surface area contributed by atoms with Gasteiger partial charge in [-0.25, -0.2) is 0 Å². The smallest absolute Gasteiger partial charge is 0.236 e. The third kappa shape index (κ3) is 2.71. The Balaban J connectivity index is 1.64. The Morgan fingerprint density at radius 1 is 1.36 bits per heavy atom. The molecule has 3 heteroatoms. The van der Waals surface area contributed by atoms with Gasteiger partial charge in [-0.1, -0.05) is 0 Å². The van der Waals surface area contributed by atoms with E-state index in [0.717, 1.165) is 19.0 Å². The molecule has 80 valence electrons. The van der Waals surface area contributed by atoms with Gasteiger partial charge in [0.2, 0.25) is 5.91 Å². The van der Waals surface area contributed by atoms with Crippen LogP contribution >= 0.6 is 0 Å². The normalized spacial score (nSPS) is 20.9. The van der Waals surface area contributed by atoms with Gasteiger partial charge < -0.3 is 10.2 Å². The first-order valence-electron chi connectivity index (χ1n) is 5.81. The first-order valence-corrected chi connectivity index (χ1v) is 5.81. The highest BCUT2D eigenvalue weighted by atomic mass is 16.2. The molecule has 0 aromatic carbocycles. The van der Waals surface area contributed by atoms with Crippen LogP contribution in [0.4, 0.5) is 0 Å². The van der Waals surface area contributed by atoms with Gasteiger partial charge in [-0.3, -0.25) is 4.79 Å². The molecule has 0 aliphatic heterocycles. The molecule has 0 saturated heterocycles. The summed E-state index contributed by atoms with van der Waals surface area (Å²) in [6, 6.07) is 0.565. The minimum atomic E-state index is 0.288. The molecule has 2 rings (SSSR count). The molecule has 0 aromatic heterocycles. The Morgan fingerprint density at radius 2 is 2.07 bits per heavy atom. The summed E-state index contributed by atoms with van der Waals surface area (Å²) in [7, 11) is 0. The van der Waals surface area contributed by atoms with Crippen molar-refractivity contribution < 1.29 is 4.79 Å². The number of rotatable bonds is 6. The first-order chi connectivity index (χ1) is 6.81. The van der Waals surface area contributed by atoms with Crippen LogP contribution in [-0.4, -0.2) is 36.5 Å². The van der Waals surface area contributed by atoms with Crippen molar-refractivity contribution in [2.75, 3.05) is 19.6 Å². The minimum absolute atomic E-state index is 0.288. The predicted molar refractivity (Wildman–Crippen MR) is 56.0 cm³/mol. The molecule has 0 atom stereocenters. The summed E-state index contributed by atoms with van der Waals surface area (Å²) in [5.74, 6) is 1.15. The molecule has 3 nitrogen and oxygen atoms in total. The molecule has 0 heterocycles. The minimum Gasteiger partial charge on any atom is -0.339 e. The molecule has 0 bridgehead atoms. The van der Waals surface area contributed by atoms with E-state index in [4.69, 9.17) is 0 Å². The maximum Gasteiger partial charge on any atom is 0.236 e. The number of carbonyl (C=O) groups excluding carboxylic acids is 1. The average Bonchev–Trinajstić information content (AvgIpc) is 3.00. The number of amides is 1. The van der Waals surface area contributed by atoms with Crippen molar-refractivity contribution in [1.82, 2.24) is 10.2 Å². The highest BCUT2D eigenvalue weighted by molar-refractivity contribution is 5.78. The Morgan fingerprint density at radius 3 is 2.57 bits per heavy atom. The van der Waals surface area contributed by atoms with Gasteiger partial charge in [0.05, 0.1) is 6.54 Å². The van der Waals surface area contributed by atoms with Gasteiger partial charge in [0, 0.05) is 12.6 Å². The fourth-order valence-corrected chi connectivity index (χ4v) is 1.83. The van der Waals surface area contributed by atoms with Crippen LogP contribution in [-0.2, 0) is 4.79 Å². The fourth-order valence-electron chi connectivity index (χ4n) is 1.83. The largest absolute Gasteiger partial charge is 0.339 e. The van der Waals surface area contributed by atoms with Crippen LogP contribution in [0.25, 0.3) is 0 Å². The summed E-state index contributed by atoms with van der Waals surface area (Å²) in [6.07, 6.45) is 5.12. The van der Waals surface area contributed by atoms with E-state index in [9.17, 15) is 4.79 Å². The summed E-state index contributed by atoms with van der Waals surface area (Å²) in [6.45, 7) is 4.51. The molecular weight excluding hydrogens is 176 g/mol. The average molecular weight is 196 g/mol. The number of likely N-dealkylation sites (N-methyl/N-ethyl adjacent to an activating group) is 1. The van der Waals surface area contributed by atoms with Crippen LogP contribution < -0.4 is 5.32 Å². The van der Waals surface area contributed by atoms with Gasteiger partial charge in [0.25, 0.3) is 0 Å². The first kappa shape index (κ1) is 9.97. The van der Waals surface area contributed by atoms with Gasteiger partial charge in [-0.05, 0) is 45.1 Å². The molecule has 2 aliphatic rings. The quantitative estimate of drug-likeness (QED) is 0.687. The fraction of sp³-hybridized carbons (Fsp3) is 0.909. The van der Waals surface area contributed by atoms with Crippen LogP contribution in [0.2, 0.25) is 0 Å². The maximum absolute atomic E-state index is 11.7. The number of nitrogens with one attached hydrogen (secondary N) is 1. The van der Waals surface area contributed by atoms with Crippen molar-refractivity contribution in [1.29, 1.82) is 0 Å². The highest BCUT2D eigenvalue weighted by Crippen LogP contribution is 2.28. The number of carbonyl (C=O) groups is 1. The zero-order valence-electron chi connectivity index (χ0n) is 8.96. The van der Waals surface area contributed by atoms with Crippen LogP contribution in [0.15, 0.2) is 0 Å². The van der Waals surface area contributed by atoms with Crippen molar-refractivity contribution in [3.8, 4) is 0 Å². The lowest BCUT2D eigenvalue weighted by molar-refractivity contribution is -0.130. The molecule has 2 aliphatic carbocycles. The Bertz CT molecular complexity index is 209. The summed E-state index contributed by atoms with van der Waals surface area (Å²) < 4.78 is 0. The lowest BCUT2D eigenvalue weighted by Gasteiger charge is -2.20. The van der Waals surface area contributed by atoms with Gasteiger partial charge in [0.1, 0.15) is 0 Å². The molecule has 1 amide bonds. The number of hydrogen-bond acceptors (Lipinski definition) is 2. The summed E-state index contributed by atoms with van der Waals surface area (Å²) in [5, 5.41) is 3.25. The lowest BCUT2D eigenvalue weighted by atomic mass is 10.4. The van der Waals surface area contributed by atoms with E-state index in [2.05, 4.69) is 12.2 Å². The van der Waals surface area contributed by atoms with Gasteiger partial charge in [-0.15, -0.1) is 0 Å². The van der Waals surface area contributed by atoms with E-state index in [1.54, 1.807) is 0 Å². The molecule has 2 fully saturated rings. The van der Waals surface area contributed by atoms with Gasteiger partial charge in [-0.2, -0.15) is 0 Å². The highest BCUT2D eigenvalue weighted by Gasteiger charge is 2.31. The van der Waals surface area contributed by atoms with Crippen LogP contribution in [0.5, 0.6) is 0 Å². The van der Waals surface area contributed by atoms with Crippen LogP contribution in [0, 0.1) is 5.92 Å². The van der Waals surface area contributed by atoms with Crippen LogP contribution in [0.1, 0.15) is 32.6 Å². The second-order valence-corrected chi connectivity index (χ2v) is 4.49. The van der Waals surface area contributed by atoms with E-state index >= 15 is 0 Å². The Labute approximate surface area is 85.8 Å². The third-order valence-electron chi connectivity index (χ3n) is 3.05. The summed E-state index contributed by atoms with van der Waals surface area (Å²) in [5.41, 5.74) is 0. The van der Waals surface area contributed by atoms with Crippen molar-refractivity contribution >= 4 is 5.91 Å². The topological polar surface area (TPSA) is 32.3 Å². The molecule has 0 radical (unpaired) electrons. The van der Waals surface area contributed by atoms with E-state index < -0.39 is 0 Å². The molecule has 2 saturated carbocycles. The van der Waals surface area contributed by atoms with Crippen molar-refractivity contribution in [3.05, 3.63) is 0 Å². The zero-order chi connectivity index (χ0) is 9.97. The van der Waals surface area contributed by atoms with Crippen molar-refractivity contribution in [2.24, 2.45) is 5.92 Å². The van der Waals surface area contributed by atoms with Crippen molar-refractivity contribution in [3.63, 3.8) is 0 Å². The Hall–Kier alpha value is -0.570. The molecule has 0 aromatic rings. The van der Waals surface area contributed by atoms with E-state index in [1.807, 2.05) is 4.90 Å². The van der Waals surface area contributed by atoms with Crippen molar-refractivity contribution in [2.45, 2.75) is 38.6 Å². The molecule has 0 unspecified atom stereocenters.